The highest BCUT2D eigenvalue weighted by Gasteiger charge is 2.37. The van der Waals surface area contributed by atoms with E-state index in [-0.39, 0.29) is 18.0 Å². The van der Waals surface area contributed by atoms with Gasteiger partial charge in [0, 0.05) is 24.0 Å². The predicted molar refractivity (Wildman–Crippen MR) is 64.2 cm³/mol. The lowest BCUT2D eigenvalue weighted by Gasteiger charge is -2.26. The highest BCUT2D eigenvalue weighted by atomic mass is 35.5. The van der Waals surface area contributed by atoms with E-state index in [1.54, 1.807) is 0 Å². The average molecular weight is 239 g/mol. The van der Waals surface area contributed by atoms with E-state index in [0.29, 0.717) is 18.0 Å². The van der Waals surface area contributed by atoms with Crippen LogP contribution in [-0.2, 0) is 4.79 Å². The van der Waals surface area contributed by atoms with Crippen molar-refractivity contribution in [1.29, 1.82) is 0 Å². The number of amides is 1. The molecule has 0 radical (unpaired) electrons. The van der Waals surface area contributed by atoms with E-state index < -0.39 is 0 Å². The average Bonchev–Trinajstić information content (AvgIpc) is 2.52. The van der Waals surface area contributed by atoms with Crippen LogP contribution in [0.1, 0.15) is 24.9 Å². The molecule has 1 amide bonds. The number of carbonyl (C=O) groups excluding carboxylic acids is 1. The summed E-state index contributed by atoms with van der Waals surface area (Å²) < 4.78 is 0. The minimum absolute atomic E-state index is 0.0313. The van der Waals surface area contributed by atoms with Crippen molar-refractivity contribution >= 4 is 17.5 Å². The normalized spacial score (nSPS) is 25.2. The van der Waals surface area contributed by atoms with E-state index in [0.717, 1.165) is 5.56 Å². The van der Waals surface area contributed by atoms with E-state index in [1.807, 2.05) is 36.1 Å². The summed E-state index contributed by atoms with van der Waals surface area (Å²) >= 11 is 5.95. The molecule has 0 saturated carbocycles. The van der Waals surface area contributed by atoms with E-state index in [9.17, 15) is 4.79 Å². The van der Waals surface area contributed by atoms with Gasteiger partial charge >= 0.3 is 0 Å². The van der Waals surface area contributed by atoms with Gasteiger partial charge in [-0.15, -0.1) is 0 Å². The van der Waals surface area contributed by atoms with E-state index in [4.69, 9.17) is 17.3 Å². The fraction of sp³-hybridized carbons (Fsp3) is 0.417. The van der Waals surface area contributed by atoms with E-state index in [1.165, 1.54) is 0 Å². The predicted octanol–water partition coefficient (Wildman–Crippen LogP) is 1.96. The molecule has 1 aliphatic heterocycles. The van der Waals surface area contributed by atoms with Crippen LogP contribution in [-0.4, -0.2) is 23.4 Å². The van der Waals surface area contributed by atoms with Crippen molar-refractivity contribution in [2.45, 2.75) is 25.4 Å². The van der Waals surface area contributed by atoms with Gasteiger partial charge in [0.15, 0.2) is 0 Å². The van der Waals surface area contributed by atoms with Crippen LogP contribution in [0.15, 0.2) is 24.3 Å². The first-order valence-corrected chi connectivity index (χ1v) is 5.81. The molecule has 2 N–H and O–H groups in total. The fourth-order valence-electron chi connectivity index (χ4n) is 2.31. The molecule has 1 aromatic rings. The molecular formula is C12H15ClN2O. The van der Waals surface area contributed by atoms with Gasteiger partial charge in [-0.3, -0.25) is 4.79 Å². The number of benzene rings is 1. The molecule has 1 heterocycles. The van der Waals surface area contributed by atoms with Gasteiger partial charge in [0.2, 0.25) is 5.91 Å². The topological polar surface area (TPSA) is 46.3 Å². The molecule has 0 aromatic heterocycles. The number of rotatable bonds is 2. The quantitative estimate of drug-likeness (QED) is 0.856. The van der Waals surface area contributed by atoms with Crippen molar-refractivity contribution in [3.05, 3.63) is 34.9 Å². The molecule has 2 rings (SSSR count). The van der Waals surface area contributed by atoms with Gasteiger partial charge in [-0.1, -0.05) is 23.7 Å². The van der Waals surface area contributed by atoms with Crippen molar-refractivity contribution in [1.82, 2.24) is 4.90 Å². The smallest absolute Gasteiger partial charge is 0.224 e. The molecule has 0 aliphatic carbocycles. The van der Waals surface area contributed by atoms with Gasteiger partial charge in [-0.25, -0.2) is 0 Å². The zero-order valence-corrected chi connectivity index (χ0v) is 9.95. The fourth-order valence-corrected chi connectivity index (χ4v) is 2.51. The molecule has 1 saturated heterocycles. The second kappa shape index (κ2) is 4.44. The van der Waals surface area contributed by atoms with Crippen LogP contribution in [0, 0.1) is 0 Å². The second-order valence-corrected chi connectivity index (χ2v) is 4.48. The van der Waals surface area contributed by atoms with Crippen LogP contribution < -0.4 is 5.73 Å². The van der Waals surface area contributed by atoms with Crippen molar-refractivity contribution in [2.24, 2.45) is 5.73 Å². The molecule has 1 aromatic carbocycles. The third-order valence-corrected chi connectivity index (χ3v) is 3.24. The summed E-state index contributed by atoms with van der Waals surface area (Å²) in [5.41, 5.74) is 7.03. The SMILES string of the molecule is CCN1C(=O)CC(N)C1c1cccc(Cl)c1. The van der Waals surface area contributed by atoms with Gasteiger partial charge in [0.1, 0.15) is 0 Å². The minimum Gasteiger partial charge on any atom is -0.334 e. The monoisotopic (exact) mass is 238 g/mol. The lowest BCUT2D eigenvalue weighted by molar-refractivity contribution is -0.128. The Bertz CT molecular complexity index is 408. The number of hydrogen-bond donors (Lipinski definition) is 1. The maximum Gasteiger partial charge on any atom is 0.224 e. The van der Waals surface area contributed by atoms with Gasteiger partial charge in [0.05, 0.1) is 6.04 Å². The highest BCUT2D eigenvalue weighted by molar-refractivity contribution is 6.30. The lowest BCUT2D eigenvalue weighted by Crippen LogP contribution is -2.32. The molecule has 2 atom stereocenters. The van der Waals surface area contributed by atoms with Crippen LogP contribution in [0.5, 0.6) is 0 Å². The molecule has 16 heavy (non-hydrogen) atoms. The number of hydrogen-bond acceptors (Lipinski definition) is 2. The molecule has 0 spiro atoms. The molecule has 2 unspecified atom stereocenters. The molecule has 1 aliphatic rings. The Hall–Kier alpha value is -1.06. The minimum atomic E-state index is -0.133. The Morgan fingerprint density at radius 2 is 2.31 bits per heavy atom. The van der Waals surface area contributed by atoms with Crippen molar-refractivity contribution in [3.63, 3.8) is 0 Å². The van der Waals surface area contributed by atoms with Crippen LogP contribution >= 0.6 is 11.6 Å². The summed E-state index contributed by atoms with van der Waals surface area (Å²) in [5, 5.41) is 0.681. The third-order valence-electron chi connectivity index (χ3n) is 3.00. The van der Waals surface area contributed by atoms with Crippen LogP contribution in [0.2, 0.25) is 5.02 Å². The Morgan fingerprint density at radius 3 is 2.94 bits per heavy atom. The van der Waals surface area contributed by atoms with E-state index in [2.05, 4.69) is 0 Å². The van der Waals surface area contributed by atoms with Gasteiger partial charge in [0.25, 0.3) is 0 Å². The molecule has 0 bridgehead atoms. The first-order valence-electron chi connectivity index (χ1n) is 5.44. The molecule has 86 valence electrons. The second-order valence-electron chi connectivity index (χ2n) is 4.05. The van der Waals surface area contributed by atoms with Crippen molar-refractivity contribution < 1.29 is 4.79 Å². The van der Waals surface area contributed by atoms with Gasteiger partial charge in [-0.05, 0) is 24.6 Å². The summed E-state index contributed by atoms with van der Waals surface area (Å²) in [7, 11) is 0. The Labute approximate surface area is 100 Å². The number of nitrogens with zero attached hydrogens (tertiary/aromatic N) is 1. The largest absolute Gasteiger partial charge is 0.334 e. The number of nitrogens with two attached hydrogens (primary N) is 1. The van der Waals surface area contributed by atoms with Gasteiger partial charge < -0.3 is 10.6 Å². The zero-order chi connectivity index (χ0) is 11.7. The van der Waals surface area contributed by atoms with Crippen LogP contribution in [0.25, 0.3) is 0 Å². The maximum absolute atomic E-state index is 11.7. The van der Waals surface area contributed by atoms with E-state index >= 15 is 0 Å². The summed E-state index contributed by atoms with van der Waals surface area (Å²) in [4.78, 5) is 13.5. The van der Waals surface area contributed by atoms with Gasteiger partial charge in [-0.2, -0.15) is 0 Å². The zero-order valence-electron chi connectivity index (χ0n) is 9.19. The van der Waals surface area contributed by atoms with Crippen LogP contribution in [0.4, 0.5) is 0 Å². The number of likely N-dealkylation sites (N-methyl/N-ethyl adjacent to an activating group) is 1. The highest BCUT2D eigenvalue weighted by Crippen LogP contribution is 2.32. The van der Waals surface area contributed by atoms with Crippen molar-refractivity contribution in [2.75, 3.05) is 6.54 Å². The first kappa shape index (κ1) is 11.4. The molecule has 4 heteroatoms. The Morgan fingerprint density at radius 1 is 1.56 bits per heavy atom. The summed E-state index contributed by atoms with van der Waals surface area (Å²) in [5.74, 6) is 0.125. The van der Waals surface area contributed by atoms with Crippen LogP contribution in [0.3, 0.4) is 0 Å². The lowest BCUT2D eigenvalue weighted by atomic mass is 10.0. The number of carbonyl (C=O) groups is 1. The summed E-state index contributed by atoms with van der Waals surface area (Å²) in [6.07, 6.45) is 0.422. The summed E-state index contributed by atoms with van der Waals surface area (Å²) in [6.45, 7) is 2.65. The number of likely N-dealkylation sites (tertiary alicyclic amines) is 1. The summed E-state index contributed by atoms with van der Waals surface area (Å²) in [6, 6.07) is 7.40. The number of halogens is 1. The van der Waals surface area contributed by atoms with Crippen molar-refractivity contribution in [3.8, 4) is 0 Å². The molecule has 3 nitrogen and oxygen atoms in total. The molecular weight excluding hydrogens is 224 g/mol. The first-order chi connectivity index (χ1) is 7.63. The standard InChI is InChI=1S/C12H15ClN2O/c1-2-15-11(16)7-10(14)12(15)8-4-3-5-9(13)6-8/h3-6,10,12H,2,7,14H2,1H3. The Kier molecular flexibility index (Phi) is 3.17. The molecule has 1 fully saturated rings. The Balaban J connectivity index is 2.35. The third kappa shape index (κ3) is 1.93. The maximum atomic E-state index is 11.7.